The highest BCUT2D eigenvalue weighted by molar-refractivity contribution is 6.29. The monoisotopic (exact) mass is 314 g/mol. The lowest BCUT2D eigenvalue weighted by atomic mass is 9.98. The highest BCUT2D eigenvalue weighted by Crippen LogP contribution is 2.26. The molecular formula is C12H15ClF4N2O. The maximum atomic E-state index is 13.6. The van der Waals surface area contributed by atoms with Crippen molar-refractivity contribution in [2.45, 2.75) is 51.8 Å². The molecule has 1 saturated carbocycles. The van der Waals surface area contributed by atoms with Crippen LogP contribution >= 0.6 is 11.6 Å². The van der Waals surface area contributed by atoms with Gasteiger partial charge in [0.1, 0.15) is 11.9 Å². The van der Waals surface area contributed by atoms with Crippen LogP contribution in [0.15, 0.2) is 0 Å². The van der Waals surface area contributed by atoms with E-state index in [1.165, 1.54) is 6.42 Å². The predicted molar refractivity (Wildman–Crippen MR) is 66.4 cm³/mol. The molecule has 1 aromatic rings. The van der Waals surface area contributed by atoms with Crippen molar-refractivity contribution >= 4 is 11.6 Å². The Morgan fingerprint density at radius 3 is 2.25 bits per heavy atom. The maximum Gasteiger partial charge on any atom is 0.379 e. The first kappa shape index (κ1) is 16.9. The Hall–Kier alpha value is -1.11. The van der Waals surface area contributed by atoms with Crippen molar-refractivity contribution in [3.05, 3.63) is 16.8 Å². The average Bonchev–Trinajstić information content (AvgIpc) is 2.36. The second kappa shape index (κ2) is 8.24. The molecule has 8 heteroatoms. The van der Waals surface area contributed by atoms with Gasteiger partial charge < -0.3 is 4.74 Å². The highest BCUT2D eigenvalue weighted by atomic mass is 35.5. The quantitative estimate of drug-likeness (QED) is 0.597. The third-order valence-corrected chi connectivity index (χ3v) is 2.97. The lowest BCUT2D eigenvalue weighted by Crippen LogP contribution is -2.21. The van der Waals surface area contributed by atoms with Gasteiger partial charge in [-0.1, -0.05) is 18.0 Å². The molecule has 2 rings (SSSR count). The molecular weight excluding hydrogens is 300 g/mol. The second-order valence-corrected chi connectivity index (χ2v) is 4.66. The SMILES string of the molecule is Cc1nc(Cl)c(F)c(OC2CCCCC2)n1.FC(F)F. The summed E-state index contributed by atoms with van der Waals surface area (Å²) >= 11 is 5.63. The van der Waals surface area contributed by atoms with Crippen molar-refractivity contribution in [3.63, 3.8) is 0 Å². The minimum atomic E-state index is -3.67. The van der Waals surface area contributed by atoms with Crippen LogP contribution in [0.3, 0.4) is 0 Å². The fourth-order valence-electron chi connectivity index (χ4n) is 1.92. The van der Waals surface area contributed by atoms with Gasteiger partial charge in [0.25, 0.3) is 5.88 Å². The Kier molecular flexibility index (Phi) is 6.98. The molecule has 0 amide bonds. The average molecular weight is 315 g/mol. The zero-order valence-corrected chi connectivity index (χ0v) is 11.6. The third kappa shape index (κ3) is 5.90. The largest absolute Gasteiger partial charge is 0.472 e. The van der Waals surface area contributed by atoms with Gasteiger partial charge in [0.15, 0.2) is 5.15 Å². The standard InChI is InChI=1S/C11H14ClFN2O.CHF3/c1-7-14-10(12)9(13)11(15-7)16-8-5-3-2-4-6-8;2-1(3)4/h8H,2-6H2,1H3;1H. The molecule has 1 aliphatic carbocycles. The van der Waals surface area contributed by atoms with E-state index in [1.54, 1.807) is 6.92 Å². The normalized spacial score (nSPS) is 15.8. The summed E-state index contributed by atoms with van der Waals surface area (Å²) in [6.45, 7) is -2.00. The lowest BCUT2D eigenvalue weighted by molar-refractivity contribution is 0.00819. The molecule has 114 valence electrons. The third-order valence-electron chi connectivity index (χ3n) is 2.72. The van der Waals surface area contributed by atoms with Crippen LogP contribution in [0.25, 0.3) is 0 Å². The van der Waals surface area contributed by atoms with Crippen LogP contribution in [-0.4, -0.2) is 22.8 Å². The summed E-state index contributed by atoms with van der Waals surface area (Å²) in [4.78, 5) is 7.66. The Morgan fingerprint density at radius 1 is 1.15 bits per heavy atom. The van der Waals surface area contributed by atoms with Gasteiger partial charge in [-0.05, 0) is 32.6 Å². The molecule has 0 bridgehead atoms. The molecule has 0 aromatic carbocycles. The molecule has 0 radical (unpaired) electrons. The van der Waals surface area contributed by atoms with Crippen molar-refractivity contribution < 1.29 is 22.3 Å². The van der Waals surface area contributed by atoms with E-state index in [4.69, 9.17) is 16.3 Å². The van der Waals surface area contributed by atoms with Crippen LogP contribution in [0.2, 0.25) is 5.15 Å². The van der Waals surface area contributed by atoms with E-state index < -0.39 is 12.5 Å². The minimum absolute atomic E-state index is 0.00981. The highest BCUT2D eigenvalue weighted by Gasteiger charge is 2.19. The van der Waals surface area contributed by atoms with Crippen molar-refractivity contribution in [1.29, 1.82) is 0 Å². The maximum absolute atomic E-state index is 13.6. The van der Waals surface area contributed by atoms with Gasteiger partial charge in [-0.25, -0.2) is 4.98 Å². The van der Waals surface area contributed by atoms with E-state index in [2.05, 4.69) is 9.97 Å². The molecule has 0 atom stereocenters. The second-order valence-electron chi connectivity index (χ2n) is 4.31. The molecule has 0 spiro atoms. The van der Waals surface area contributed by atoms with Gasteiger partial charge in [-0.15, -0.1) is 0 Å². The molecule has 3 nitrogen and oxygen atoms in total. The lowest BCUT2D eigenvalue weighted by Gasteiger charge is -2.22. The summed E-state index contributed by atoms with van der Waals surface area (Å²) in [7, 11) is 0. The summed E-state index contributed by atoms with van der Waals surface area (Å²) in [6.07, 6.45) is 5.47. The zero-order chi connectivity index (χ0) is 15.1. The van der Waals surface area contributed by atoms with E-state index in [-0.39, 0.29) is 17.1 Å². The minimum Gasteiger partial charge on any atom is -0.472 e. The van der Waals surface area contributed by atoms with Crippen LogP contribution in [0, 0.1) is 12.7 Å². The number of halogens is 5. The predicted octanol–water partition coefficient (Wildman–Crippen LogP) is 4.47. The van der Waals surface area contributed by atoms with Gasteiger partial charge in [-0.3, -0.25) is 0 Å². The van der Waals surface area contributed by atoms with Crippen molar-refractivity contribution in [2.24, 2.45) is 0 Å². The molecule has 1 aliphatic rings. The molecule has 0 N–H and O–H groups in total. The van der Waals surface area contributed by atoms with Crippen molar-refractivity contribution in [3.8, 4) is 5.88 Å². The van der Waals surface area contributed by atoms with E-state index >= 15 is 0 Å². The molecule has 0 aliphatic heterocycles. The Labute approximate surface area is 119 Å². The van der Waals surface area contributed by atoms with Gasteiger partial charge >= 0.3 is 6.68 Å². The summed E-state index contributed by atoms with van der Waals surface area (Å²) in [5.41, 5.74) is 0. The van der Waals surface area contributed by atoms with E-state index in [0.29, 0.717) is 5.82 Å². The summed E-state index contributed by atoms with van der Waals surface area (Å²) < 4.78 is 48.1. The number of hydrogen-bond acceptors (Lipinski definition) is 3. The van der Waals surface area contributed by atoms with Crippen LogP contribution in [0.5, 0.6) is 5.88 Å². The van der Waals surface area contributed by atoms with Gasteiger partial charge in [-0.2, -0.15) is 22.5 Å². The van der Waals surface area contributed by atoms with E-state index in [1.807, 2.05) is 0 Å². The first-order chi connectivity index (χ1) is 9.40. The molecule has 1 fully saturated rings. The number of nitrogens with zero attached hydrogens (tertiary/aromatic N) is 2. The number of aryl methyl sites for hydroxylation is 1. The molecule has 0 unspecified atom stereocenters. The zero-order valence-electron chi connectivity index (χ0n) is 10.9. The number of hydrogen-bond donors (Lipinski definition) is 0. The van der Waals surface area contributed by atoms with Crippen LogP contribution < -0.4 is 4.74 Å². The van der Waals surface area contributed by atoms with Gasteiger partial charge in [0, 0.05) is 0 Å². The number of aromatic nitrogens is 2. The van der Waals surface area contributed by atoms with Crippen LogP contribution in [0.4, 0.5) is 17.6 Å². The van der Waals surface area contributed by atoms with E-state index in [9.17, 15) is 17.6 Å². The molecule has 20 heavy (non-hydrogen) atoms. The van der Waals surface area contributed by atoms with Crippen molar-refractivity contribution in [2.75, 3.05) is 0 Å². The Balaban J connectivity index is 0.000000444. The Bertz CT molecular complexity index is 425. The molecule has 0 saturated heterocycles. The van der Waals surface area contributed by atoms with Gasteiger partial charge in [0.2, 0.25) is 5.82 Å². The van der Waals surface area contributed by atoms with Crippen LogP contribution in [-0.2, 0) is 0 Å². The number of rotatable bonds is 2. The Morgan fingerprint density at radius 2 is 1.70 bits per heavy atom. The number of alkyl halides is 3. The van der Waals surface area contributed by atoms with E-state index in [0.717, 1.165) is 25.7 Å². The summed E-state index contributed by atoms with van der Waals surface area (Å²) in [5.74, 6) is -0.237. The van der Waals surface area contributed by atoms with Gasteiger partial charge in [0.05, 0.1) is 0 Å². The summed E-state index contributed by atoms with van der Waals surface area (Å²) in [5, 5.41) is -0.168. The number of ether oxygens (including phenoxy) is 1. The molecule has 1 aromatic heterocycles. The first-order valence-corrected chi connectivity index (χ1v) is 6.56. The van der Waals surface area contributed by atoms with Crippen molar-refractivity contribution in [1.82, 2.24) is 9.97 Å². The fraction of sp³-hybridized carbons (Fsp3) is 0.667. The van der Waals surface area contributed by atoms with Crippen LogP contribution in [0.1, 0.15) is 37.9 Å². The smallest absolute Gasteiger partial charge is 0.379 e. The first-order valence-electron chi connectivity index (χ1n) is 6.18. The topological polar surface area (TPSA) is 35.0 Å². The fourth-order valence-corrected chi connectivity index (χ4v) is 2.12. The summed E-state index contributed by atoms with van der Waals surface area (Å²) in [6, 6.07) is 0. The molecule has 1 heterocycles.